The maximum Gasteiger partial charge on any atom is 0.0991 e. The molecule has 0 aromatic heterocycles. The van der Waals surface area contributed by atoms with E-state index >= 15 is 0 Å². The first-order valence-corrected chi connectivity index (χ1v) is 3.93. The first-order chi connectivity index (χ1) is 5.77. The Kier molecular flexibility index (Phi) is 2.71. The molecule has 0 bridgehead atoms. The molecule has 0 saturated heterocycles. The number of aliphatic hydroxyl groups excluding tert-OH is 1. The monoisotopic (exact) mass is 161 g/mol. The van der Waals surface area contributed by atoms with Gasteiger partial charge in [0.1, 0.15) is 0 Å². The summed E-state index contributed by atoms with van der Waals surface area (Å²) in [6.45, 7) is 1.84. The highest BCUT2D eigenvalue weighted by Crippen LogP contribution is 2.22. The van der Waals surface area contributed by atoms with Gasteiger partial charge in [0.2, 0.25) is 0 Å². The molecular formula is C10H11NO. The zero-order valence-electron chi connectivity index (χ0n) is 7.04. The van der Waals surface area contributed by atoms with Crippen molar-refractivity contribution in [3.05, 3.63) is 35.1 Å². The minimum atomic E-state index is 0.396. The van der Waals surface area contributed by atoms with Gasteiger partial charge in [-0.05, 0) is 25.0 Å². The molecule has 0 heterocycles. The highest BCUT2D eigenvalue weighted by atomic mass is 16.3. The highest BCUT2D eigenvalue weighted by molar-refractivity contribution is 5.44. The van der Waals surface area contributed by atoms with Crippen LogP contribution in [0.25, 0.3) is 0 Å². The van der Waals surface area contributed by atoms with Gasteiger partial charge >= 0.3 is 0 Å². The minimum absolute atomic E-state index is 0.396. The average molecular weight is 161 g/mol. The Morgan fingerprint density at radius 3 is 2.75 bits per heavy atom. The summed E-state index contributed by atoms with van der Waals surface area (Å²) in [5, 5.41) is 17.8. The average Bonchev–Trinajstić information content (AvgIpc) is 2.10. The molecule has 0 aromatic rings. The SMILES string of the molecule is C/C=C(/C#N)C1=CC=C(O)CC1. The molecule has 12 heavy (non-hydrogen) atoms. The Labute approximate surface area is 72.1 Å². The molecule has 0 spiro atoms. The van der Waals surface area contributed by atoms with Gasteiger partial charge < -0.3 is 5.11 Å². The lowest BCUT2D eigenvalue weighted by Gasteiger charge is -2.09. The van der Waals surface area contributed by atoms with E-state index in [9.17, 15) is 0 Å². The van der Waals surface area contributed by atoms with E-state index in [0.717, 1.165) is 12.0 Å². The van der Waals surface area contributed by atoms with Gasteiger partial charge in [0.15, 0.2) is 0 Å². The minimum Gasteiger partial charge on any atom is -0.512 e. The summed E-state index contributed by atoms with van der Waals surface area (Å²) in [6.07, 6.45) is 6.65. The second-order valence-electron chi connectivity index (χ2n) is 2.66. The number of hydrogen-bond donors (Lipinski definition) is 1. The highest BCUT2D eigenvalue weighted by Gasteiger charge is 2.07. The third-order valence-electron chi connectivity index (χ3n) is 1.88. The van der Waals surface area contributed by atoms with Gasteiger partial charge in [0, 0.05) is 6.42 Å². The van der Waals surface area contributed by atoms with E-state index in [0.29, 0.717) is 17.8 Å². The van der Waals surface area contributed by atoms with Crippen LogP contribution in [0.2, 0.25) is 0 Å². The molecular weight excluding hydrogens is 150 g/mol. The zero-order valence-corrected chi connectivity index (χ0v) is 7.04. The third-order valence-corrected chi connectivity index (χ3v) is 1.88. The maximum atomic E-state index is 9.07. The van der Waals surface area contributed by atoms with Gasteiger partial charge in [-0.2, -0.15) is 5.26 Å². The lowest BCUT2D eigenvalue weighted by Crippen LogP contribution is -1.94. The summed E-state index contributed by atoms with van der Waals surface area (Å²) < 4.78 is 0. The van der Waals surface area contributed by atoms with Gasteiger partial charge in [-0.15, -0.1) is 0 Å². The van der Waals surface area contributed by atoms with E-state index in [1.807, 2.05) is 6.92 Å². The predicted molar refractivity (Wildman–Crippen MR) is 47.4 cm³/mol. The molecule has 0 fully saturated rings. The molecule has 0 saturated carbocycles. The van der Waals surface area contributed by atoms with Crippen LogP contribution in [0.4, 0.5) is 0 Å². The van der Waals surface area contributed by atoms with Crippen LogP contribution in [0.3, 0.4) is 0 Å². The van der Waals surface area contributed by atoms with Crippen LogP contribution < -0.4 is 0 Å². The van der Waals surface area contributed by atoms with E-state index < -0.39 is 0 Å². The lowest BCUT2D eigenvalue weighted by molar-refractivity contribution is 0.386. The van der Waals surface area contributed by atoms with Crippen LogP contribution in [0.5, 0.6) is 0 Å². The molecule has 1 aliphatic carbocycles. The number of allylic oxidation sites excluding steroid dienone is 6. The fraction of sp³-hybridized carbons (Fsp3) is 0.300. The van der Waals surface area contributed by atoms with Gasteiger partial charge in [-0.25, -0.2) is 0 Å². The molecule has 0 radical (unpaired) electrons. The summed E-state index contributed by atoms with van der Waals surface area (Å²) in [5.41, 5.74) is 1.72. The Bertz CT molecular complexity index is 302. The summed E-state index contributed by atoms with van der Waals surface area (Å²) in [4.78, 5) is 0. The van der Waals surface area contributed by atoms with Crippen molar-refractivity contribution < 1.29 is 5.11 Å². The van der Waals surface area contributed by atoms with Crippen molar-refractivity contribution >= 4 is 0 Å². The molecule has 1 rings (SSSR count). The molecule has 1 N–H and O–H groups in total. The van der Waals surface area contributed by atoms with E-state index in [-0.39, 0.29) is 0 Å². The Hall–Kier alpha value is -1.49. The second-order valence-corrected chi connectivity index (χ2v) is 2.66. The standard InChI is InChI=1S/C10H11NO/c1-2-8(7-11)9-3-5-10(12)6-4-9/h2-3,5,12H,4,6H2,1H3/b8-2-. The van der Waals surface area contributed by atoms with Gasteiger partial charge in [0.25, 0.3) is 0 Å². The smallest absolute Gasteiger partial charge is 0.0991 e. The molecule has 0 unspecified atom stereocenters. The van der Waals surface area contributed by atoms with E-state index in [2.05, 4.69) is 6.07 Å². The first-order valence-electron chi connectivity index (χ1n) is 3.93. The van der Waals surface area contributed by atoms with Crippen molar-refractivity contribution in [1.29, 1.82) is 5.26 Å². The summed E-state index contributed by atoms with van der Waals surface area (Å²) in [5.74, 6) is 0.396. The van der Waals surface area contributed by atoms with E-state index in [1.165, 1.54) is 0 Å². The van der Waals surface area contributed by atoms with E-state index in [1.54, 1.807) is 18.2 Å². The largest absolute Gasteiger partial charge is 0.512 e. The normalized spacial score (nSPS) is 17.8. The van der Waals surface area contributed by atoms with Crippen molar-refractivity contribution in [2.45, 2.75) is 19.8 Å². The molecule has 0 atom stereocenters. The first kappa shape index (κ1) is 8.61. The molecule has 2 heteroatoms. The van der Waals surface area contributed by atoms with Crippen LogP contribution in [0.15, 0.2) is 35.1 Å². The number of nitriles is 1. The Morgan fingerprint density at radius 1 is 1.58 bits per heavy atom. The van der Waals surface area contributed by atoms with Crippen LogP contribution >= 0.6 is 0 Å². The van der Waals surface area contributed by atoms with Crippen molar-refractivity contribution in [1.82, 2.24) is 0 Å². The van der Waals surface area contributed by atoms with Crippen LogP contribution in [-0.2, 0) is 0 Å². The summed E-state index contributed by atoms with van der Waals surface area (Å²) in [6, 6.07) is 2.12. The number of nitrogens with zero attached hydrogens (tertiary/aromatic N) is 1. The summed E-state index contributed by atoms with van der Waals surface area (Å²) in [7, 11) is 0. The Morgan fingerprint density at radius 2 is 2.33 bits per heavy atom. The number of rotatable bonds is 1. The van der Waals surface area contributed by atoms with E-state index in [4.69, 9.17) is 10.4 Å². The fourth-order valence-corrected chi connectivity index (χ4v) is 1.17. The molecule has 0 aliphatic heterocycles. The lowest BCUT2D eigenvalue weighted by atomic mass is 9.97. The van der Waals surface area contributed by atoms with Gasteiger partial charge in [0.05, 0.1) is 17.4 Å². The van der Waals surface area contributed by atoms with Crippen molar-refractivity contribution in [2.75, 3.05) is 0 Å². The quantitative estimate of drug-likeness (QED) is 0.601. The molecule has 2 nitrogen and oxygen atoms in total. The zero-order chi connectivity index (χ0) is 8.97. The van der Waals surface area contributed by atoms with Crippen molar-refractivity contribution in [3.63, 3.8) is 0 Å². The van der Waals surface area contributed by atoms with Gasteiger partial charge in [-0.1, -0.05) is 12.2 Å². The van der Waals surface area contributed by atoms with Crippen molar-refractivity contribution in [3.8, 4) is 6.07 Å². The molecule has 0 amide bonds. The fourth-order valence-electron chi connectivity index (χ4n) is 1.17. The van der Waals surface area contributed by atoms with Crippen LogP contribution in [0, 0.1) is 11.3 Å². The molecule has 0 aromatic carbocycles. The number of hydrogen-bond acceptors (Lipinski definition) is 2. The number of aliphatic hydroxyl groups is 1. The van der Waals surface area contributed by atoms with Gasteiger partial charge in [-0.3, -0.25) is 0 Å². The predicted octanol–water partition coefficient (Wildman–Crippen LogP) is 2.62. The van der Waals surface area contributed by atoms with Crippen molar-refractivity contribution in [2.24, 2.45) is 0 Å². The maximum absolute atomic E-state index is 9.07. The molecule has 62 valence electrons. The van der Waals surface area contributed by atoms with Crippen LogP contribution in [0.1, 0.15) is 19.8 Å². The second kappa shape index (κ2) is 3.77. The Balaban J connectivity index is 2.86. The third kappa shape index (κ3) is 1.76. The molecule has 1 aliphatic rings. The topological polar surface area (TPSA) is 44.0 Å². The van der Waals surface area contributed by atoms with Crippen LogP contribution in [-0.4, -0.2) is 5.11 Å². The summed E-state index contributed by atoms with van der Waals surface area (Å²) >= 11 is 0.